The molecule has 4 rings (SSSR count). The summed E-state index contributed by atoms with van der Waals surface area (Å²) in [5.41, 5.74) is 14.7. The van der Waals surface area contributed by atoms with E-state index in [0.29, 0.717) is 23.9 Å². The van der Waals surface area contributed by atoms with Crippen LogP contribution in [0.1, 0.15) is 23.1 Å². The van der Waals surface area contributed by atoms with Gasteiger partial charge in [0.15, 0.2) is 0 Å². The lowest BCUT2D eigenvalue weighted by atomic mass is 9.99. The molecule has 7 nitrogen and oxygen atoms in total. The van der Waals surface area contributed by atoms with Gasteiger partial charge in [-0.05, 0) is 30.3 Å². The number of nitrogen functional groups attached to an aromatic ring is 1. The van der Waals surface area contributed by atoms with Gasteiger partial charge in [-0.3, -0.25) is 4.98 Å². The molecule has 0 saturated carbocycles. The number of halogens is 1. The predicted octanol–water partition coefficient (Wildman–Crippen LogP) is 2.02. The monoisotopic (exact) mass is 351 g/mol. The summed E-state index contributed by atoms with van der Waals surface area (Å²) in [6, 6.07) is 7.94. The van der Waals surface area contributed by atoms with Gasteiger partial charge in [0, 0.05) is 30.6 Å². The zero-order chi connectivity index (χ0) is 18.1. The van der Waals surface area contributed by atoms with E-state index in [-0.39, 0.29) is 11.7 Å². The van der Waals surface area contributed by atoms with Crippen LogP contribution in [0.3, 0.4) is 0 Å². The van der Waals surface area contributed by atoms with E-state index in [1.165, 1.54) is 18.3 Å². The van der Waals surface area contributed by atoms with Crippen LogP contribution in [0.15, 0.2) is 48.6 Å². The summed E-state index contributed by atoms with van der Waals surface area (Å²) in [5, 5.41) is 0. The molecule has 1 aliphatic rings. The van der Waals surface area contributed by atoms with Gasteiger partial charge in [-0.15, -0.1) is 0 Å². The zero-order valence-electron chi connectivity index (χ0n) is 13.9. The Bertz CT molecular complexity index is 965. The van der Waals surface area contributed by atoms with Crippen LogP contribution >= 0.6 is 0 Å². The summed E-state index contributed by atoms with van der Waals surface area (Å²) in [6.07, 6.45) is 5.49. The number of nitrogens with one attached hydrogen (secondary N) is 1. The highest BCUT2D eigenvalue weighted by molar-refractivity contribution is 5.57. The number of aromatic amines is 1. The molecule has 3 aromatic heterocycles. The third-order valence-corrected chi connectivity index (χ3v) is 4.38. The van der Waals surface area contributed by atoms with Gasteiger partial charge in [0.2, 0.25) is 0 Å². The lowest BCUT2D eigenvalue weighted by Crippen LogP contribution is -2.39. The Kier molecular flexibility index (Phi) is 4.00. The minimum atomic E-state index is -0.429. The maximum Gasteiger partial charge on any atom is 0.148 e. The van der Waals surface area contributed by atoms with E-state index in [9.17, 15) is 4.39 Å². The maximum atomic E-state index is 14.0. The van der Waals surface area contributed by atoms with Crippen molar-refractivity contribution in [1.29, 1.82) is 0 Å². The van der Waals surface area contributed by atoms with Crippen molar-refractivity contribution in [1.82, 2.24) is 19.9 Å². The second-order valence-electron chi connectivity index (χ2n) is 6.05. The van der Waals surface area contributed by atoms with Gasteiger partial charge in [0.25, 0.3) is 0 Å². The number of hydrogen-bond acceptors (Lipinski definition) is 6. The van der Waals surface area contributed by atoms with Crippen LogP contribution in [-0.2, 0) is 6.42 Å². The number of nitrogens with two attached hydrogens (primary N) is 2. The first kappa shape index (κ1) is 16.1. The second-order valence-corrected chi connectivity index (χ2v) is 6.05. The van der Waals surface area contributed by atoms with Gasteiger partial charge in [0.05, 0.1) is 12.0 Å². The summed E-state index contributed by atoms with van der Waals surface area (Å²) in [4.78, 5) is 18.1. The number of hydrogen-bond donors (Lipinski definition) is 3. The van der Waals surface area contributed by atoms with Crippen molar-refractivity contribution in [2.24, 2.45) is 5.73 Å². The summed E-state index contributed by atoms with van der Waals surface area (Å²) in [7, 11) is 0. The number of nitrogens with zero attached hydrogens (tertiary/aromatic N) is 4. The molecule has 0 unspecified atom stereocenters. The van der Waals surface area contributed by atoms with Crippen LogP contribution in [0, 0.1) is 5.82 Å². The quantitative estimate of drug-likeness (QED) is 0.666. The van der Waals surface area contributed by atoms with E-state index >= 15 is 0 Å². The molecular formula is C18H18FN7. The molecule has 0 bridgehead atoms. The average Bonchev–Trinajstić information content (AvgIpc) is 3.11. The summed E-state index contributed by atoms with van der Waals surface area (Å²) < 4.78 is 14.0. The van der Waals surface area contributed by atoms with Gasteiger partial charge in [0.1, 0.15) is 29.2 Å². The van der Waals surface area contributed by atoms with Gasteiger partial charge in [-0.2, -0.15) is 0 Å². The second kappa shape index (κ2) is 6.47. The molecule has 26 heavy (non-hydrogen) atoms. The highest BCUT2D eigenvalue weighted by Gasteiger charge is 2.32. The van der Waals surface area contributed by atoms with Crippen LogP contribution in [0.4, 0.5) is 16.0 Å². The van der Waals surface area contributed by atoms with E-state index in [4.69, 9.17) is 11.5 Å². The van der Waals surface area contributed by atoms with Crippen LogP contribution in [0.25, 0.3) is 6.08 Å². The first-order valence-corrected chi connectivity index (χ1v) is 8.22. The lowest BCUT2D eigenvalue weighted by molar-refractivity contribution is 0.610. The molecule has 4 heterocycles. The Balaban J connectivity index is 1.80. The number of fused-ring (bicyclic) bond motifs is 1. The van der Waals surface area contributed by atoms with Crippen molar-refractivity contribution in [2.75, 3.05) is 17.2 Å². The highest BCUT2D eigenvalue weighted by atomic mass is 19.1. The normalized spacial score (nSPS) is 17.2. The zero-order valence-corrected chi connectivity index (χ0v) is 13.9. The fourth-order valence-electron chi connectivity index (χ4n) is 3.20. The fourth-order valence-corrected chi connectivity index (χ4v) is 3.20. The minimum absolute atomic E-state index is 0.188. The van der Waals surface area contributed by atoms with Gasteiger partial charge in [-0.1, -0.05) is 6.07 Å². The molecule has 132 valence electrons. The van der Waals surface area contributed by atoms with E-state index in [1.807, 2.05) is 17.0 Å². The average molecular weight is 351 g/mol. The standard InChI is InChI=1S/C18H18FN7/c19-11-3-2-7-22-14(11)9-12(20)18-17-13(23-10-24-17)6-8-26(18)16-5-1-4-15(21)25-16/h1-5,7,9-10,18H,6,8,20H2,(H2,21,25)(H,23,24)/b12-9-/t18-/m0/s1. The van der Waals surface area contributed by atoms with E-state index in [0.717, 1.165) is 17.8 Å². The summed E-state index contributed by atoms with van der Waals surface area (Å²) in [6.45, 7) is 0.676. The molecule has 1 aliphatic heterocycles. The van der Waals surface area contributed by atoms with Crippen LogP contribution < -0.4 is 16.4 Å². The lowest BCUT2D eigenvalue weighted by Gasteiger charge is -2.36. The van der Waals surface area contributed by atoms with Crippen molar-refractivity contribution in [2.45, 2.75) is 12.5 Å². The first-order valence-electron chi connectivity index (χ1n) is 8.22. The number of aromatic nitrogens is 4. The molecule has 3 aromatic rings. The SMILES string of the molecule is N/C(=C\c1ncccc1F)[C@H]1c2nc[nH]c2CCN1c1cccc(N)n1. The molecule has 0 aromatic carbocycles. The molecular weight excluding hydrogens is 333 g/mol. The fraction of sp³-hybridized carbons (Fsp3) is 0.167. The van der Waals surface area contributed by atoms with Crippen molar-refractivity contribution >= 4 is 17.7 Å². The summed E-state index contributed by atoms with van der Waals surface area (Å²) >= 11 is 0. The number of rotatable bonds is 3. The third-order valence-electron chi connectivity index (χ3n) is 4.38. The minimum Gasteiger partial charge on any atom is -0.400 e. The molecule has 5 N–H and O–H groups in total. The van der Waals surface area contributed by atoms with Crippen molar-refractivity contribution < 1.29 is 4.39 Å². The number of imidazole rings is 1. The van der Waals surface area contributed by atoms with E-state index in [1.54, 1.807) is 18.5 Å². The molecule has 0 fully saturated rings. The molecule has 0 radical (unpaired) electrons. The number of pyridine rings is 2. The molecule has 1 atom stereocenters. The van der Waals surface area contributed by atoms with Crippen LogP contribution in [-0.4, -0.2) is 26.5 Å². The largest absolute Gasteiger partial charge is 0.400 e. The molecule has 8 heteroatoms. The number of H-pyrrole nitrogens is 1. The topological polar surface area (TPSA) is 110 Å². The molecule has 0 aliphatic carbocycles. The molecule has 0 amide bonds. The van der Waals surface area contributed by atoms with Crippen molar-refractivity contribution in [3.8, 4) is 0 Å². The summed E-state index contributed by atoms with van der Waals surface area (Å²) in [5.74, 6) is 0.691. The van der Waals surface area contributed by atoms with Crippen LogP contribution in [0.2, 0.25) is 0 Å². The molecule has 0 saturated heterocycles. The van der Waals surface area contributed by atoms with Crippen molar-refractivity contribution in [3.63, 3.8) is 0 Å². The van der Waals surface area contributed by atoms with Gasteiger partial charge in [-0.25, -0.2) is 14.4 Å². The third kappa shape index (κ3) is 2.85. The predicted molar refractivity (Wildman–Crippen MR) is 97.4 cm³/mol. The first-order chi connectivity index (χ1) is 12.6. The Morgan fingerprint density at radius 1 is 1.27 bits per heavy atom. The molecule has 0 spiro atoms. The van der Waals surface area contributed by atoms with E-state index in [2.05, 4.69) is 19.9 Å². The van der Waals surface area contributed by atoms with Gasteiger partial charge < -0.3 is 21.4 Å². The Hall–Kier alpha value is -3.42. The Morgan fingerprint density at radius 2 is 2.15 bits per heavy atom. The Morgan fingerprint density at radius 3 is 2.96 bits per heavy atom. The Labute approximate surface area is 149 Å². The van der Waals surface area contributed by atoms with Crippen molar-refractivity contribution in [3.05, 3.63) is 71.5 Å². The smallest absolute Gasteiger partial charge is 0.148 e. The van der Waals surface area contributed by atoms with Crippen LogP contribution in [0.5, 0.6) is 0 Å². The van der Waals surface area contributed by atoms with Gasteiger partial charge >= 0.3 is 0 Å². The maximum absolute atomic E-state index is 14.0. The highest BCUT2D eigenvalue weighted by Crippen LogP contribution is 2.35. The number of anilines is 2. The van der Waals surface area contributed by atoms with E-state index < -0.39 is 5.82 Å².